The molecule has 0 unspecified atom stereocenters. The summed E-state index contributed by atoms with van der Waals surface area (Å²) in [7, 11) is -14.6. The molecule has 4 saturated carbocycles. The van der Waals surface area contributed by atoms with E-state index in [1.165, 1.54) is 0 Å². The fourth-order valence-electron chi connectivity index (χ4n) is 9.41. The van der Waals surface area contributed by atoms with Crippen LogP contribution in [0.1, 0.15) is 85.0 Å². The van der Waals surface area contributed by atoms with E-state index in [0.29, 0.717) is 25.7 Å². The van der Waals surface area contributed by atoms with Crippen molar-refractivity contribution in [2.24, 2.45) is 46.3 Å². The molecule has 228 valence electrons. The first kappa shape index (κ1) is 42.6. The van der Waals surface area contributed by atoms with E-state index in [0.717, 1.165) is 25.7 Å². The maximum absolute atomic E-state index is 11.8. The van der Waals surface area contributed by atoms with Crippen molar-refractivity contribution in [2.75, 3.05) is 6.61 Å². The first-order valence-corrected chi connectivity index (χ1v) is 17.7. The molecule has 18 heteroatoms. The molecule has 4 fully saturated rings. The van der Waals surface area contributed by atoms with E-state index in [1.54, 1.807) is 0 Å². The van der Waals surface area contributed by atoms with Crippen molar-refractivity contribution in [2.45, 2.75) is 97.2 Å². The first-order chi connectivity index (χ1) is 17.8. The summed E-state index contributed by atoms with van der Waals surface area (Å²) < 4.78 is 116. The molecule has 0 aliphatic heterocycles. The van der Waals surface area contributed by atoms with E-state index in [4.69, 9.17) is 8.37 Å². The van der Waals surface area contributed by atoms with Gasteiger partial charge in [0.15, 0.2) is 0 Å². The molecular formula is C24H39Na3O12S3. The Morgan fingerprint density at radius 1 is 0.762 bits per heavy atom. The van der Waals surface area contributed by atoms with Crippen molar-refractivity contribution in [3.63, 3.8) is 0 Å². The minimum Gasteiger partial charge on any atom is -0.726 e. The molecule has 0 aromatic carbocycles. The third-order valence-electron chi connectivity index (χ3n) is 10.9. The van der Waals surface area contributed by atoms with Gasteiger partial charge in [0.25, 0.3) is 0 Å². The molecule has 4 aliphatic carbocycles. The molecule has 4 rings (SSSR count). The van der Waals surface area contributed by atoms with Crippen molar-refractivity contribution in [3.8, 4) is 0 Å². The summed E-state index contributed by atoms with van der Waals surface area (Å²) in [6, 6.07) is 0. The Balaban J connectivity index is 0.00000294. The second-order valence-electron chi connectivity index (χ2n) is 12.8. The molecule has 12 nitrogen and oxygen atoms in total. The van der Waals surface area contributed by atoms with Gasteiger partial charge in [0.2, 0.25) is 31.2 Å². The molecular weight excluding hydrogens is 645 g/mol. The molecule has 0 aromatic heterocycles. The molecule has 10 atom stereocenters. The van der Waals surface area contributed by atoms with Crippen LogP contribution in [0.2, 0.25) is 0 Å². The minimum atomic E-state index is -5.00. The third kappa shape index (κ3) is 10.1. The van der Waals surface area contributed by atoms with Crippen LogP contribution >= 0.6 is 0 Å². The fraction of sp³-hybridized carbons (Fsp3) is 1.00. The maximum Gasteiger partial charge on any atom is 1.00 e. The Morgan fingerprint density at radius 2 is 1.33 bits per heavy atom. The Kier molecular flexibility index (Phi) is 16.1. The van der Waals surface area contributed by atoms with Gasteiger partial charge in [-0.1, -0.05) is 20.8 Å². The molecule has 0 N–H and O–H groups in total. The van der Waals surface area contributed by atoms with Crippen LogP contribution in [-0.2, 0) is 43.7 Å². The van der Waals surface area contributed by atoms with Crippen molar-refractivity contribution >= 4 is 31.2 Å². The van der Waals surface area contributed by atoms with Crippen LogP contribution in [0, 0.1) is 46.3 Å². The Labute approximate surface area is 317 Å². The summed E-state index contributed by atoms with van der Waals surface area (Å²) in [5, 5.41) is 0. The summed E-state index contributed by atoms with van der Waals surface area (Å²) in [6.07, 6.45) is 4.51. The van der Waals surface area contributed by atoms with E-state index in [9.17, 15) is 38.9 Å². The van der Waals surface area contributed by atoms with Crippen LogP contribution in [-0.4, -0.2) is 57.7 Å². The van der Waals surface area contributed by atoms with Crippen molar-refractivity contribution < 1.29 is 140 Å². The van der Waals surface area contributed by atoms with Gasteiger partial charge < -0.3 is 13.7 Å². The van der Waals surface area contributed by atoms with Crippen LogP contribution in [0.5, 0.6) is 0 Å². The second kappa shape index (κ2) is 15.9. The van der Waals surface area contributed by atoms with E-state index < -0.39 is 43.4 Å². The molecule has 0 bridgehead atoms. The summed E-state index contributed by atoms with van der Waals surface area (Å²) in [5.74, 6) is 0.349. The van der Waals surface area contributed by atoms with Crippen LogP contribution in [0.25, 0.3) is 0 Å². The smallest absolute Gasteiger partial charge is 0.726 e. The number of fused-ring (bicyclic) bond motifs is 5. The van der Waals surface area contributed by atoms with E-state index in [1.807, 2.05) is 0 Å². The molecule has 0 spiro atoms. The van der Waals surface area contributed by atoms with Gasteiger partial charge in [0.1, 0.15) is 0 Å². The van der Waals surface area contributed by atoms with Crippen molar-refractivity contribution in [1.29, 1.82) is 0 Å². The number of rotatable bonds is 10. The average Bonchev–Trinajstić information content (AvgIpc) is 3.12. The molecule has 0 radical (unpaired) electrons. The SMILES string of the molecule is C[C@H](CCCOS(=O)(=O)[O-])[C@H]1CC[C@H]2[C@@H]3[C@H](OS(=O)(=O)[O-])C[C@@H]4C[C@H](OS(=O)(=O)[O-])CC[C@]4(C)[C@H]3CC[C@]12C.[Na+].[Na+].[Na+]. The van der Waals surface area contributed by atoms with Gasteiger partial charge in [-0.15, -0.1) is 0 Å². The number of hydrogen-bond donors (Lipinski definition) is 0. The Hall–Kier alpha value is 2.61. The van der Waals surface area contributed by atoms with Crippen LogP contribution < -0.4 is 88.7 Å². The monoisotopic (exact) mass is 684 g/mol. The zero-order valence-corrected chi connectivity index (χ0v) is 34.0. The summed E-state index contributed by atoms with van der Waals surface area (Å²) in [4.78, 5) is 0. The normalized spacial score (nSPS) is 38.9. The van der Waals surface area contributed by atoms with E-state index in [2.05, 4.69) is 25.0 Å². The van der Waals surface area contributed by atoms with Crippen LogP contribution in [0.3, 0.4) is 0 Å². The van der Waals surface area contributed by atoms with Gasteiger partial charge in [-0.3, -0.25) is 12.5 Å². The molecule has 0 amide bonds. The molecule has 42 heavy (non-hydrogen) atoms. The third-order valence-corrected chi connectivity index (χ3v) is 12.3. The standard InChI is InChI=1S/C24H42O12S3.3Na/c1-15(5-4-12-34-37(25,26)27)18-6-7-19-22-20(9-11-24(18,19)3)23(2)10-8-17(35-38(28,29)30)13-16(23)14-21(22)36-39(31,32)33;;;/h15-22H,4-14H2,1-3H3,(H,25,26,27)(H,28,29,30)(H,31,32,33);;;/q;3*+1/p-3/t15-,16+,17-,18-,19+,20+,21-,22+,23+,24-;;;/m1.../s1. The predicted octanol–water partition coefficient (Wildman–Crippen LogP) is -6.15. The van der Waals surface area contributed by atoms with Crippen LogP contribution in [0.15, 0.2) is 0 Å². The van der Waals surface area contributed by atoms with Crippen LogP contribution in [0.4, 0.5) is 0 Å². The van der Waals surface area contributed by atoms with Gasteiger partial charge >= 0.3 is 88.7 Å². The zero-order chi connectivity index (χ0) is 29.0. The van der Waals surface area contributed by atoms with Gasteiger partial charge in [0.05, 0.1) is 18.8 Å². The van der Waals surface area contributed by atoms with Gasteiger partial charge in [-0.25, -0.2) is 25.3 Å². The number of hydrogen-bond acceptors (Lipinski definition) is 12. The maximum atomic E-state index is 11.8. The summed E-state index contributed by atoms with van der Waals surface area (Å²) in [6.45, 7) is 6.32. The van der Waals surface area contributed by atoms with Crippen molar-refractivity contribution in [1.82, 2.24) is 0 Å². The molecule has 4 aliphatic rings. The minimum absolute atomic E-state index is 0. The van der Waals surface area contributed by atoms with E-state index >= 15 is 0 Å². The van der Waals surface area contributed by atoms with Gasteiger partial charge in [-0.05, 0) is 111 Å². The molecule has 0 heterocycles. The van der Waals surface area contributed by atoms with Crippen molar-refractivity contribution in [3.05, 3.63) is 0 Å². The predicted molar refractivity (Wildman–Crippen MR) is 134 cm³/mol. The van der Waals surface area contributed by atoms with Gasteiger partial charge in [-0.2, -0.15) is 0 Å². The largest absolute Gasteiger partial charge is 1.00 e. The summed E-state index contributed by atoms with van der Waals surface area (Å²) in [5.41, 5.74) is -0.379. The fourth-order valence-corrected chi connectivity index (χ4v) is 10.7. The zero-order valence-electron chi connectivity index (χ0n) is 25.5. The molecule has 0 saturated heterocycles. The Bertz CT molecular complexity index is 1230. The van der Waals surface area contributed by atoms with E-state index in [-0.39, 0.29) is 154 Å². The quantitative estimate of drug-likeness (QED) is 0.0915. The summed E-state index contributed by atoms with van der Waals surface area (Å²) >= 11 is 0. The molecule has 0 aromatic rings. The second-order valence-corrected chi connectivity index (χ2v) is 15.8. The average molecular weight is 685 g/mol. The van der Waals surface area contributed by atoms with Gasteiger partial charge in [0, 0.05) is 0 Å². The first-order valence-electron chi connectivity index (χ1n) is 13.7. The Morgan fingerprint density at radius 3 is 1.90 bits per heavy atom. The topological polar surface area (TPSA) is 199 Å².